The van der Waals surface area contributed by atoms with Crippen LogP contribution in [0, 0.1) is 35.0 Å². The number of fused-ring (bicyclic) bond motifs is 5. The summed E-state index contributed by atoms with van der Waals surface area (Å²) in [6, 6.07) is 0. The third-order valence-electron chi connectivity index (χ3n) is 7.11. The van der Waals surface area contributed by atoms with E-state index in [0.29, 0.717) is 24.5 Å². The first-order chi connectivity index (χ1) is 10.9. The zero-order valence-corrected chi connectivity index (χ0v) is 13.9. The molecule has 6 atom stereocenters. The summed E-state index contributed by atoms with van der Waals surface area (Å²) in [5, 5.41) is 0. The van der Waals surface area contributed by atoms with Crippen LogP contribution in [0.3, 0.4) is 0 Å². The van der Waals surface area contributed by atoms with E-state index >= 15 is 0 Å². The molecule has 0 aromatic rings. The number of allylic oxidation sites excluding steroid dienone is 4. The second kappa shape index (κ2) is 4.99. The predicted octanol–water partition coefficient (Wildman–Crippen LogP) is 3.29. The Morgan fingerprint density at radius 1 is 1.22 bits per heavy atom. The average molecular weight is 312 g/mol. The van der Waals surface area contributed by atoms with E-state index in [-0.39, 0.29) is 40.7 Å². The van der Waals surface area contributed by atoms with Gasteiger partial charge >= 0.3 is 0 Å². The van der Waals surface area contributed by atoms with Gasteiger partial charge in [-0.25, -0.2) is 0 Å². The van der Waals surface area contributed by atoms with Crippen molar-refractivity contribution in [3.8, 4) is 0 Å². The highest BCUT2D eigenvalue weighted by Gasteiger charge is 2.59. The van der Waals surface area contributed by atoms with Gasteiger partial charge in [0.2, 0.25) is 0 Å². The fourth-order valence-corrected chi connectivity index (χ4v) is 6.13. The van der Waals surface area contributed by atoms with Crippen LogP contribution in [0.25, 0.3) is 0 Å². The van der Waals surface area contributed by atoms with Crippen LogP contribution in [0.2, 0.25) is 0 Å². The third kappa shape index (κ3) is 2.05. The number of Topliss-reactive ketones (excluding diaryl/α,β-unsaturated/α-hetero) is 2. The SMILES string of the molecule is CC(=O)[C@H]1CC[C@H]2[C@@H]3C=CC4=CC(=O)CC[C@@H]4[C@H]3C(=O)C[C@]12C. The van der Waals surface area contributed by atoms with Crippen molar-refractivity contribution in [2.75, 3.05) is 0 Å². The van der Waals surface area contributed by atoms with E-state index in [0.717, 1.165) is 24.8 Å². The van der Waals surface area contributed by atoms with Crippen molar-refractivity contribution in [2.45, 2.75) is 46.0 Å². The summed E-state index contributed by atoms with van der Waals surface area (Å²) in [6.07, 6.45) is 9.88. The van der Waals surface area contributed by atoms with E-state index in [1.54, 1.807) is 13.0 Å². The quantitative estimate of drug-likeness (QED) is 0.746. The summed E-state index contributed by atoms with van der Waals surface area (Å²) in [6.45, 7) is 3.84. The van der Waals surface area contributed by atoms with Crippen LogP contribution in [0.1, 0.15) is 46.0 Å². The minimum absolute atomic E-state index is 0.0307. The van der Waals surface area contributed by atoms with E-state index in [4.69, 9.17) is 0 Å². The normalized spacial score (nSPS) is 45.1. The molecule has 4 aliphatic rings. The fraction of sp³-hybridized carbons (Fsp3) is 0.650. The van der Waals surface area contributed by atoms with Crippen LogP contribution in [0.4, 0.5) is 0 Å². The summed E-state index contributed by atoms with van der Waals surface area (Å²) in [7, 11) is 0. The molecule has 0 unspecified atom stereocenters. The number of hydrogen-bond donors (Lipinski definition) is 0. The van der Waals surface area contributed by atoms with E-state index in [1.165, 1.54) is 0 Å². The Hall–Kier alpha value is -1.51. The zero-order chi connectivity index (χ0) is 16.4. The van der Waals surface area contributed by atoms with Crippen molar-refractivity contribution in [3.63, 3.8) is 0 Å². The lowest BCUT2D eigenvalue weighted by Gasteiger charge is -2.50. The molecule has 0 bridgehead atoms. The smallest absolute Gasteiger partial charge is 0.155 e. The van der Waals surface area contributed by atoms with Crippen molar-refractivity contribution in [1.29, 1.82) is 0 Å². The molecule has 23 heavy (non-hydrogen) atoms. The van der Waals surface area contributed by atoms with Gasteiger partial charge in [-0.05, 0) is 61.0 Å². The van der Waals surface area contributed by atoms with Crippen LogP contribution in [-0.4, -0.2) is 17.3 Å². The molecule has 0 aliphatic heterocycles. The van der Waals surface area contributed by atoms with Gasteiger partial charge in [-0.2, -0.15) is 0 Å². The van der Waals surface area contributed by atoms with Gasteiger partial charge in [0.25, 0.3) is 0 Å². The molecule has 3 nitrogen and oxygen atoms in total. The summed E-state index contributed by atoms with van der Waals surface area (Å²) >= 11 is 0. The van der Waals surface area contributed by atoms with Gasteiger partial charge in [-0.15, -0.1) is 0 Å². The molecule has 0 heterocycles. The second-order valence-electron chi connectivity index (χ2n) is 8.21. The Kier molecular flexibility index (Phi) is 3.26. The highest BCUT2D eigenvalue weighted by molar-refractivity contribution is 5.93. The van der Waals surface area contributed by atoms with E-state index in [2.05, 4.69) is 19.1 Å². The number of carbonyl (C=O) groups excluding carboxylic acids is 3. The van der Waals surface area contributed by atoms with Gasteiger partial charge in [0, 0.05) is 24.7 Å². The van der Waals surface area contributed by atoms with Gasteiger partial charge in [0.1, 0.15) is 11.6 Å². The lowest BCUT2D eigenvalue weighted by atomic mass is 9.52. The Bertz CT molecular complexity index is 656. The first kappa shape index (κ1) is 15.0. The van der Waals surface area contributed by atoms with Crippen LogP contribution in [0.5, 0.6) is 0 Å². The predicted molar refractivity (Wildman–Crippen MR) is 86.6 cm³/mol. The number of hydrogen-bond acceptors (Lipinski definition) is 3. The van der Waals surface area contributed by atoms with Crippen LogP contribution in [-0.2, 0) is 14.4 Å². The summed E-state index contributed by atoms with van der Waals surface area (Å²) in [5.74, 6) is 1.71. The number of ketones is 3. The zero-order valence-electron chi connectivity index (χ0n) is 13.9. The minimum Gasteiger partial charge on any atom is -0.300 e. The fourth-order valence-electron chi connectivity index (χ4n) is 6.13. The second-order valence-corrected chi connectivity index (χ2v) is 8.21. The van der Waals surface area contributed by atoms with E-state index in [9.17, 15) is 14.4 Å². The first-order valence-electron chi connectivity index (χ1n) is 8.87. The molecule has 4 rings (SSSR count). The topological polar surface area (TPSA) is 51.2 Å². The molecule has 0 aromatic carbocycles. The summed E-state index contributed by atoms with van der Waals surface area (Å²) in [4.78, 5) is 36.8. The van der Waals surface area contributed by atoms with Crippen LogP contribution in [0.15, 0.2) is 23.8 Å². The van der Waals surface area contributed by atoms with Crippen molar-refractivity contribution in [1.82, 2.24) is 0 Å². The average Bonchev–Trinajstić information content (AvgIpc) is 2.83. The molecule has 4 aliphatic carbocycles. The highest BCUT2D eigenvalue weighted by Crippen LogP contribution is 2.61. The summed E-state index contributed by atoms with van der Waals surface area (Å²) < 4.78 is 0. The molecule has 2 saturated carbocycles. The van der Waals surface area contributed by atoms with Gasteiger partial charge in [0.15, 0.2) is 5.78 Å². The Labute approximate surface area is 137 Å². The van der Waals surface area contributed by atoms with E-state index < -0.39 is 0 Å². The molecule has 2 fully saturated rings. The molecule has 122 valence electrons. The largest absolute Gasteiger partial charge is 0.300 e. The van der Waals surface area contributed by atoms with Crippen molar-refractivity contribution >= 4 is 17.3 Å². The molecule has 0 aromatic heterocycles. The molecular formula is C20H24O3. The lowest BCUT2D eigenvalue weighted by molar-refractivity contribution is -0.140. The standard InChI is InChI=1S/C20H24O3/c1-11(21)16-7-8-17-15-5-3-12-9-13(22)4-6-14(12)19(15)18(23)10-20(16,17)2/h3,5,9,14-17,19H,4,6-8,10H2,1-2H3/t14-,15-,16+,17-,19+,20+/m0/s1. The highest BCUT2D eigenvalue weighted by atomic mass is 16.1. The van der Waals surface area contributed by atoms with E-state index in [1.807, 2.05) is 0 Å². The monoisotopic (exact) mass is 312 g/mol. The maximum absolute atomic E-state index is 13.0. The summed E-state index contributed by atoms with van der Waals surface area (Å²) in [5.41, 5.74) is 0.890. The molecule has 0 N–H and O–H groups in total. The Morgan fingerprint density at radius 3 is 2.74 bits per heavy atom. The molecule has 0 saturated heterocycles. The molecule has 0 amide bonds. The van der Waals surface area contributed by atoms with Crippen molar-refractivity contribution in [2.24, 2.45) is 35.0 Å². The third-order valence-corrected chi connectivity index (χ3v) is 7.11. The lowest BCUT2D eigenvalue weighted by Crippen LogP contribution is -2.50. The van der Waals surface area contributed by atoms with Crippen LogP contribution < -0.4 is 0 Å². The maximum atomic E-state index is 13.0. The molecule has 3 heteroatoms. The van der Waals surface area contributed by atoms with Gasteiger partial charge in [-0.1, -0.05) is 19.1 Å². The Balaban J connectivity index is 1.74. The molecule has 0 radical (unpaired) electrons. The minimum atomic E-state index is -0.167. The number of carbonyl (C=O) groups is 3. The molecule has 0 spiro atoms. The van der Waals surface area contributed by atoms with Gasteiger partial charge < -0.3 is 0 Å². The number of rotatable bonds is 1. The van der Waals surface area contributed by atoms with Crippen LogP contribution >= 0.6 is 0 Å². The first-order valence-corrected chi connectivity index (χ1v) is 8.87. The van der Waals surface area contributed by atoms with Crippen molar-refractivity contribution < 1.29 is 14.4 Å². The Morgan fingerprint density at radius 2 is 2.00 bits per heavy atom. The maximum Gasteiger partial charge on any atom is 0.155 e. The van der Waals surface area contributed by atoms with Gasteiger partial charge in [0.05, 0.1) is 0 Å². The van der Waals surface area contributed by atoms with Gasteiger partial charge in [-0.3, -0.25) is 14.4 Å². The molecular weight excluding hydrogens is 288 g/mol. The van der Waals surface area contributed by atoms with Crippen molar-refractivity contribution in [3.05, 3.63) is 23.8 Å².